The Bertz CT molecular complexity index is 372. The van der Waals surface area contributed by atoms with Gasteiger partial charge in [-0.2, -0.15) is 0 Å². The lowest BCUT2D eigenvalue weighted by molar-refractivity contribution is -0.143. The summed E-state index contributed by atoms with van der Waals surface area (Å²) in [6.07, 6.45) is -0.607. The number of nitrogens with one attached hydrogen (secondary N) is 2. The first-order valence-corrected chi connectivity index (χ1v) is 5.23. The zero-order valence-electron chi connectivity index (χ0n) is 9.96. The fraction of sp³-hybridized carbons (Fsp3) is 0.556. The molecule has 10 heteroatoms. The Hall–Kier alpha value is -2.20. The van der Waals surface area contributed by atoms with Crippen LogP contribution in [0, 0.1) is 0 Å². The van der Waals surface area contributed by atoms with E-state index in [1.165, 1.54) is 0 Å². The molecule has 19 heavy (non-hydrogen) atoms. The van der Waals surface area contributed by atoms with Gasteiger partial charge in [-0.1, -0.05) is 0 Å². The number of carbonyl (C=O) groups excluding carboxylic acids is 3. The van der Waals surface area contributed by atoms with Crippen LogP contribution in [0.15, 0.2) is 0 Å². The van der Waals surface area contributed by atoms with Crippen LogP contribution in [0.3, 0.4) is 0 Å². The maximum Gasteiger partial charge on any atom is 0.326 e. The maximum atomic E-state index is 11.6. The van der Waals surface area contributed by atoms with Crippen molar-refractivity contribution in [3.63, 3.8) is 0 Å². The summed E-state index contributed by atoms with van der Waals surface area (Å²) in [7, 11) is 0. The molecule has 0 bridgehead atoms. The highest BCUT2D eigenvalue weighted by Crippen LogP contribution is 1.94. The van der Waals surface area contributed by atoms with Gasteiger partial charge in [-0.15, -0.1) is 0 Å². The Labute approximate surface area is 108 Å². The van der Waals surface area contributed by atoms with Crippen molar-refractivity contribution in [3.05, 3.63) is 0 Å². The number of amides is 3. The number of carboxylic acids is 1. The molecule has 0 saturated carbocycles. The summed E-state index contributed by atoms with van der Waals surface area (Å²) in [5.74, 6) is -4.04. The van der Waals surface area contributed by atoms with Gasteiger partial charge in [0.05, 0.1) is 19.6 Å². The number of hydrogen-bond donors (Lipinski definition) is 6. The molecule has 8 N–H and O–H groups in total. The van der Waals surface area contributed by atoms with Crippen LogP contribution in [0.5, 0.6) is 0 Å². The molecule has 0 radical (unpaired) electrons. The zero-order valence-corrected chi connectivity index (χ0v) is 9.96. The molecule has 0 aromatic heterocycles. The van der Waals surface area contributed by atoms with Gasteiger partial charge in [0, 0.05) is 0 Å². The lowest BCUT2D eigenvalue weighted by Crippen LogP contribution is -2.54. The number of aliphatic hydroxyl groups excluding tert-OH is 1. The van der Waals surface area contributed by atoms with Crippen LogP contribution in [0.25, 0.3) is 0 Å². The molecule has 0 fully saturated rings. The second-order valence-electron chi connectivity index (χ2n) is 3.58. The molecular formula is C9H16N4O6. The van der Waals surface area contributed by atoms with E-state index in [0.29, 0.717) is 0 Å². The first-order valence-electron chi connectivity index (χ1n) is 5.23. The highest BCUT2D eigenvalue weighted by molar-refractivity contribution is 5.92. The van der Waals surface area contributed by atoms with Gasteiger partial charge < -0.3 is 32.3 Å². The largest absolute Gasteiger partial charge is 0.480 e. The Morgan fingerprint density at radius 1 is 1.11 bits per heavy atom. The normalized spacial score (nSPS) is 13.2. The number of hydrogen-bond acceptors (Lipinski definition) is 6. The molecule has 108 valence electrons. The Morgan fingerprint density at radius 3 is 2.05 bits per heavy atom. The van der Waals surface area contributed by atoms with Crippen LogP contribution in [0.2, 0.25) is 0 Å². The maximum absolute atomic E-state index is 11.6. The van der Waals surface area contributed by atoms with Crippen LogP contribution in [0.1, 0.15) is 6.42 Å². The van der Waals surface area contributed by atoms with Crippen LogP contribution < -0.4 is 22.1 Å². The van der Waals surface area contributed by atoms with E-state index in [9.17, 15) is 19.2 Å². The lowest BCUT2D eigenvalue weighted by Gasteiger charge is -2.19. The minimum atomic E-state index is -1.53. The molecule has 0 heterocycles. The van der Waals surface area contributed by atoms with Gasteiger partial charge in [-0.25, -0.2) is 4.79 Å². The third-order valence-corrected chi connectivity index (χ3v) is 2.04. The van der Waals surface area contributed by atoms with Gasteiger partial charge in [0.1, 0.15) is 12.1 Å². The third-order valence-electron chi connectivity index (χ3n) is 2.04. The van der Waals surface area contributed by atoms with Gasteiger partial charge in [0.2, 0.25) is 17.7 Å². The van der Waals surface area contributed by atoms with Gasteiger partial charge >= 0.3 is 5.97 Å². The SMILES string of the molecule is NCC(=O)N[C@@H](CO)C(=O)N[C@@H](CC(N)=O)C(=O)O. The third kappa shape index (κ3) is 6.33. The number of primary amides is 1. The van der Waals surface area contributed by atoms with Gasteiger partial charge in [-0.3, -0.25) is 14.4 Å². The van der Waals surface area contributed by atoms with Crippen molar-refractivity contribution in [2.24, 2.45) is 11.5 Å². The number of aliphatic hydroxyl groups is 1. The molecule has 0 aliphatic heterocycles. The Kier molecular flexibility index (Phi) is 7.07. The van der Waals surface area contributed by atoms with E-state index < -0.39 is 55.3 Å². The Morgan fingerprint density at radius 2 is 1.68 bits per heavy atom. The Balaban J connectivity index is 4.63. The molecule has 3 amide bonds. The molecule has 10 nitrogen and oxygen atoms in total. The topological polar surface area (TPSA) is 185 Å². The van der Waals surface area contributed by atoms with Crippen molar-refractivity contribution in [1.29, 1.82) is 0 Å². The standard InChI is InChI=1S/C9H16N4O6/c10-2-7(16)12-5(3-14)8(17)13-4(9(18)19)1-6(11)15/h4-5,14H,1-3,10H2,(H2,11,15)(H,12,16)(H,13,17)(H,18,19)/t4-,5-/m0/s1. The van der Waals surface area contributed by atoms with E-state index in [4.69, 9.17) is 21.7 Å². The van der Waals surface area contributed by atoms with Crippen molar-refractivity contribution in [3.8, 4) is 0 Å². The van der Waals surface area contributed by atoms with Crippen molar-refractivity contribution in [2.75, 3.05) is 13.2 Å². The molecule has 2 atom stereocenters. The summed E-state index contributed by atoms with van der Waals surface area (Å²) in [6, 6.07) is -2.89. The number of aliphatic carboxylic acids is 1. The lowest BCUT2D eigenvalue weighted by atomic mass is 10.1. The van der Waals surface area contributed by atoms with Crippen molar-refractivity contribution in [1.82, 2.24) is 10.6 Å². The van der Waals surface area contributed by atoms with E-state index in [1.807, 2.05) is 5.32 Å². The summed E-state index contributed by atoms with van der Waals surface area (Å²) in [4.78, 5) is 43.9. The first-order chi connectivity index (χ1) is 8.81. The molecule has 0 rings (SSSR count). The number of carboxylic acid groups (broad SMARTS) is 1. The average molecular weight is 276 g/mol. The van der Waals surface area contributed by atoms with Crippen molar-refractivity contribution >= 4 is 23.7 Å². The number of nitrogens with two attached hydrogens (primary N) is 2. The van der Waals surface area contributed by atoms with Crippen LogP contribution in [0.4, 0.5) is 0 Å². The summed E-state index contributed by atoms with van der Waals surface area (Å²) in [5.41, 5.74) is 9.84. The minimum absolute atomic E-state index is 0.395. The quantitative estimate of drug-likeness (QED) is 0.260. The fourth-order valence-electron chi connectivity index (χ4n) is 1.12. The molecule has 0 aromatic rings. The predicted octanol–water partition coefficient (Wildman–Crippen LogP) is -4.13. The summed E-state index contributed by atoms with van der Waals surface area (Å²) in [5, 5.41) is 21.7. The van der Waals surface area contributed by atoms with Gasteiger partial charge in [0.15, 0.2) is 0 Å². The monoisotopic (exact) mass is 276 g/mol. The van der Waals surface area contributed by atoms with E-state index in [-0.39, 0.29) is 0 Å². The van der Waals surface area contributed by atoms with E-state index in [2.05, 4.69) is 5.32 Å². The highest BCUT2D eigenvalue weighted by atomic mass is 16.4. The molecule has 0 aromatic carbocycles. The molecule has 0 aliphatic carbocycles. The van der Waals surface area contributed by atoms with Crippen LogP contribution in [-0.2, 0) is 19.2 Å². The molecular weight excluding hydrogens is 260 g/mol. The summed E-state index contributed by atoms with van der Waals surface area (Å²) in [6.45, 7) is -1.14. The second-order valence-corrected chi connectivity index (χ2v) is 3.58. The molecule has 0 unspecified atom stereocenters. The van der Waals surface area contributed by atoms with Gasteiger partial charge in [-0.05, 0) is 0 Å². The molecule has 0 saturated heterocycles. The average Bonchev–Trinajstić information content (AvgIpc) is 2.33. The van der Waals surface area contributed by atoms with E-state index in [0.717, 1.165) is 0 Å². The summed E-state index contributed by atoms with van der Waals surface area (Å²) < 4.78 is 0. The highest BCUT2D eigenvalue weighted by Gasteiger charge is 2.26. The minimum Gasteiger partial charge on any atom is -0.480 e. The summed E-state index contributed by atoms with van der Waals surface area (Å²) >= 11 is 0. The van der Waals surface area contributed by atoms with Crippen LogP contribution >= 0.6 is 0 Å². The van der Waals surface area contributed by atoms with Crippen LogP contribution in [-0.4, -0.2) is 59.1 Å². The first kappa shape index (κ1) is 16.8. The molecule has 0 spiro atoms. The fourth-order valence-corrected chi connectivity index (χ4v) is 1.12. The molecule has 0 aliphatic rings. The van der Waals surface area contributed by atoms with Crippen molar-refractivity contribution < 1.29 is 29.4 Å². The van der Waals surface area contributed by atoms with Gasteiger partial charge in [0.25, 0.3) is 0 Å². The van der Waals surface area contributed by atoms with E-state index >= 15 is 0 Å². The second kappa shape index (κ2) is 8.00. The predicted molar refractivity (Wildman–Crippen MR) is 61.4 cm³/mol. The zero-order chi connectivity index (χ0) is 15.0. The van der Waals surface area contributed by atoms with Crippen molar-refractivity contribution in [2.45, 2.75) is 18.5 Å². The number of carbonyl (C=O) groups is 4. The smallest absolute Gasteiger partial charge is 0.326 e. The number of rotatable bonds is 8. The van der Waals surface area contributed by atoms with E-state index in [1.54, 1.807) is 0 Å².